The third-order valence-corrected chi connectivity index (χ3v) is 10.2. The Kier molecular flexibility index (Phi) is 14.1. The molecule has 2 heterocycles. The highest BCUT2D eigenvalue weighted by Crippen LogP contribution is 2.35. The smallest absolute Gasteiger partial charge is 0.306 e. The zero-order valence-corrected chi connectivity index (χ0v) is 30.8. The van der Waals surface area contributed by atoms with Crippen molar-refractivity contribution in [2.75, 3.05) is 20.6 Å². The number of piperidine rings is 1. The normalized spacial score (nSPS) is 19.2. The predicted octanol–water partition coefficient (Wildman–Crippen LogP) is 4.39. The molecule has 2 fully saturated rings. The van der Waals surface area contributed by atoms with Gasteiger partial charge in [0.1, 0.15) is 17.8 Å². The lowest BCUT2D eigenvalue weighted by Crippen LogP contribution is -2.56. The fourth-order valence-corrected chi connectivity index (χ4v) is 7.01. The van der Waals surface area contributed by atoms with E-state index in [9.17, 15) is 29.1 Å². The van der Waals surface area contributed by atoms with Crippen LogP contribution in [0.25, 0.3) is 0 Å². The fourth-order valence-electron chi connectivity index (χ4n) is 7.01. The average Bonchev–Trinajstić information content (AvgIpc) is 3.94. The summed E-state index contributed by atoms with van der Waals surface area (Å²) in [6.45, 7) is 7.74. The van der Waals surface area contributed by atoms with Crippen molar-refractivity contribution < 1.29 is 33.8 Å². The summed E-state index contributed by atoms with van der Waals surface area (Å²) in [6.07, 6.45) is 4.56. The number of aliphatic carboxylic acids is 1. The van der Waals surface area contributed by atoms with Gasteiger partial charge in [-0.2, -0.15) is 0 Å². The first kappa shape index (κ1) is 39.5. The third kappa shape index (κ3) is 11.3. The molecule has 2 aliphatic rings. The number of hydrogen-bond donors (Lipinski definition) is 3. The Morgan fingerprint density at radius 1 is 0.961 bits per heavy atom. The van der Waals surface area contributed by atoms with Gasteiger partial charge in [-0.1, -0.05) is 63.6 Å². The van der Waals surface area contributed by atoms with Crippen LogP contribution in [0.3, 0.4) is 0 Å². The second-order valence-corrected chi connectivity index (χ2v) is 14.7. The van der Waals surface area contributed by atoms with E-state index in [0.717, 1.165) is 44.2 Å². The quantitative estimate of drug-likeness (QED) is 0.203. The number of carbonyl (C=O) groups excluding carboxylic acids is 4. The molecule has 278 valence electrons. The number of ether oxygens (including phenoxy) is 1. The van der Waals surface area contributed by atoms with Gasteiger partial charge in [0.15, 0.2) is 0 Å². The number of likely N-dealkylation sites (N-methyl/N-ethyl adjacent to an activating group) is 2. The van der Waals surface area contributed by atoms with E-state index in [1.807, 2.05) is 51.2 Å². The highest BCUT2D eigenvalue weighted by Gasteiger charge is 2.42. The molecule has 2 aromatic rings. The summed E-state index contributed by atoms with van der Waals surface area (Å²) in [5.41, 5.74) is 1.41. The van der Waals surface area contributed by atoms with Crippen LogP contribution in [0.2, 0.25) is 0 Å². The van der Waals surface area contributed by atoms with E-state index in [1.165, 1.54) is 6.92 Å². The van der Waals surface area contributed by atoms with Gasteiger partial charge in [-0.25, -0.2) is 4.98 Å². The van der Waals surface area contributed by atoms with Crippen LogP contribution in [-0.4, -0.2) is 94.4 Å². The van der Waals surface area contributed by atoms with Crippen LogP contribution in [0.15, 0.2) is 48.5 Å². The Morgan fingerprint density at radius 2 is 1.67 bits per heavy atom. The average molecular weight is 706 g/mol. The molecule has 0 radical (unpaired) electrons. The van der Waals surface area contributed by atoms with E-state index >= 15 is 0 Å². The molecule has 4 rings (SSSR count). The molecule has 51 heavy (non-hydrogen) atoms. The van der Waals surface area contributed by atoms with Gasteiger partial charge in [-0.15, -0.1) is 0 Å². The zero-order valence-electron chi connectivity index (χ0n) is 30.8. The number of amides is 3. The van der Waals surface area contributed by atoms with Crippen LogP contribution in [0.1, 0.15) is 100 Å². The Balaban J connectivity index is 1.52. The Hall–Kier alpha value is -4.32. The first-order chi connectivity index (χ1) is 24.2. The molecule has 1 aromatic carbocycles. The maximum Gasteiger partial charge on any atom is 0.306 e. The zero-order chi connectivity index (χ0) is 37.2. The summed E-state index contributed by atoms with van der Waals surface area (Å²) in [5, 5.41) is 15.6. The van der Waals surface area contributed by atoms with Crippen LogP contribution < -0.4 is 10.6 Å². The molecule has 0 bridgehead atoms. The van der Waals surface area contributed by atoms with Crippen LogP contribution in [0.4, 0.5) is 0 Å². The Labute approximate surface area is 301 Å². The van der Waals surface area contributed by atoms with Crippen molar-refractivity contribution in [1.29, 1.82) is 0 Å². The van der Waals surface area contributed by atoms with Crippen molar-refractivity contribution in [3.8, 4) is 0 Å². The highest BCUT2D eigenvalue weighted by atomic mass is 16.5. The van der Waals surface area contributed by atoms with E-state index in [-0.39, 0.29) is 54.3 Å². The monoisotopic (exact) mass is 705 g/mol. The van der Waals surface area contributed by atoms with Gasteiger partial charge < -0.3 is 25.4 Å². The van der Waals surface area contributed by atoms with E-state index in [2.05, 4.69) is 20.5 Å². The van der Waals surface area contributed by atoms with Gasteiger partial charge in [0.25, 0.3) is 5.91 Å². The van der Waals surface area contributed by atoms with Crippen molar-refractivity contribution >= 4 is 29.7 Å². The van der Waals surface area contributed by atoms with Gasteiger partial charge in [-0.05, 0) is 81.6 Å². The molecular weight excluding hydrogens is 650 g/mol. The first-order valence-electron chi connectivity index (χ1n) is 18.2. The number of benzene rings is 1. The number of rotatable bonds is 17. The lowest BCUT2D eigenvalue weighted by molar-refractivity contribution is -0.149. The van der Waals surface area contributed by atoms with Crippen LogP contribution in [-0.2, 0) is 30.3 Å². The van der Waals surface area contributed by atoms with Crippen molar-refractivity contribution in [3.63, 3.8) is 0 Å². The largest absolute Gasteiger partial charge is 0.481 e. The number of esters is 1. The molecule has 1 aliphatic carbocycles. The Bertz CT molecular complexity index is 1510. The van der Waals surface area contributed by atoms with Gasteiger partial charge in [0.05, 0.1) is 17.7 Å². The van der Waals surface area contributed by atoms with E-state index in [0.29, 0.717) is 12.1 Å². The van der Waals surface area contributed by atoms with Gasteiger partial charge in [0, 0.05) is 32.5 Å². The number of carboxylic acids is 1. The number of nitrogens with one attached hydrogen (secondary N) is 2. The molecule has 6 atom stereocenters. The predicted molar refractivity (Wildman–Crippen MR) is 192 cm³/mol. The molecule has 3 amide bonds. The number of nitrogens with zero attached hydrogens (tertiary/aromatic N) is 3. The topological polar surface area (TPSA) is 158 Å². The molecule has 1 aliphatic heterocycles. The summed E-state index contributed by atoms with van der Waals surface area (Å²) in [5.74, 6) is -2.88. The number of likely N-dealkylation sites (tertiary alicyclic amines) is 1. The maximum absolute atomic E-state index is 14.1. The minimum Gasteiger partial charge on any atom is -0.481 e. The minimum absolute atomic E-state index is 0.0431. The molecule has 1 saturated heterocycles. The van der Waals surface area contributed by atoms with E-state index in [4.69, 9.17) is 4.74 Å². The molecule has 2 unspecified atom stereocenters. The number of hydrogen-bond acceptors (Lipinski definition) is 8. The molecule has 0 spiro atoms. The molecule has 1 saturated carbocycles. The van der Waals surface area contributed by atoms with E-state index < -0.39 is 42.0 Å². The molecule has 1 aromatic heterocycles. The van der Waals surface area contributed by atoms with Crippen molar-refractivity contribution in [2.45, 2.75) is 109 Å². The third-order valence-electron chi connectivity index (χ3n) is 10.2. The van der Waals surface area contributed by atoms with E-state index in [1.54, 1.807) is 37.1 Å². The molecule has 12 nitrogen and oxygen atoms in total. The summed E-state index contributed by atoms with van der Waals surface area (Å²) >= 11 is 0. The van der Waals surface area contributed by atoms with Crippen molar-refractivity contribution in [3.05, 3.63) is 65.5 Å². The lowest BCUT2D eigenvalue weighted by atomic mass is 9.93. The van der Waals surface area contributed by atoms with Crippen molar-refractivity contribution in [1.82, 2.24) is 25.4 Å². The summed E-state index contributed by atoms with van der Waals surface area (Å²) in [4.78, 5) is 73.4. The summed E-state index contributed by atoms with van der Waals surface area (Å²) in [6, 6.07) is 12.7. The van der Waals surface area contributed by atoms with Crippen molar-refractivity contribution in [2.24, 2.45) is 17.8 Å². The maximum atomic E-state index is 14.1. The first-order valence-corrected chi connectivity index (χ1v) is 18.2. The standard InChI is InChI=1S/C39H55N5O7/c1-24(2)33(44(6)38(48)35(28-18-19-28)42-37(47)32-17-10-11-20-43(32)5)23-34(51-26(4)45)30-15-12-16-31(41-30)36(46)40-29(21-25(3)39(49)50)22-27-13-8-7-9-14-27/h7-9,12-16,24-25,28-29,32-35H,10-11,17-23H2,1-6H3,(H,40,46)(H,42,47)(H,49,50)/t25-,29+,32?,33+,34+,35?/m0/s1. The number of carboxylic acid groups (broad SMARTS) is 1. The minimum atomic E-state index is -0.947. The van der Waals surface area contributed by atoms with Gasteiger partial charge >= 0.3 is 11.9 Å². The second-order valence-electron chi connectivity index (χ2n) is 14.7. The molecule has 3 N–H and O–H groups in total. The Morgan fingerprint density at radius 3 is 2.27 bits per heavy atom. The SMILES string of the molecule is CC(=O)O[C@H](C[C@H](C(C)C)N(C)C(=O)C(NC(=O)C1CCCCN1C)C1CC1)c1cccc(C(=O)N[C@@H](Cc2ccccc2)C[C@H](C)C(=O)O)n1. The van der Waals surface area contributed by atoms with Crippen LogP contribution >= 0.6 is 0 Å². The molecule has 12 heteroatoms. The lowest BCUT2D eigenvalue weighted by Gasteiger charge is -2.37. The van der Waals surface area contributed by atoms with Crippen LogP contribution in [0, 0.1) is 17.8 Å². The highest BCUT2D eigenvalue weighted by molar-refractivity contribution is 5.92. The fraction of sp³-hybridized carbons (Fsp3) is 0.590. The number of carbonyl (C=O) groups is 5. The van der Waals surface area contributed by atoms with Crippen LogP contribution in [0.5, 0.6) is 0 Å². The number of pyridine rings is 1. The second kappa shape index (κ2) is 18.3. The van der Waals surface area contributed by atoms with Gasteiger partial charge in [0.2, 0.25) is 11.8 Å². The number of aromatic nitrogens is 1. The summed E-state index contributed by atoms with van der Waals surface area (Å²) < 4.78 is 5.79. The summed E-state index contributed by atoms with van der Waals surface area (Å²) in [7, 11) is 3.68. The van der Waals surface area contributed by atoms with Gasteiger partial charge in [-0.3, -0.25) is 28.9 Å². The molecular formula is C39H55N5O7.